The van der Waals surface area contributed by atoms with Crippen LogP contribution >= 0.6 is 0 Å². The van der Waals surface area contributed by atoms with Gasteiger partial charge in [0.25, 0.3) is 0 Å². The molecule has 0 saturated heterocycles. The van der Waals surface area contributed by atoms with Crippen molar-refractivity contribution in [3.8, 4) is 0 Å². The summed E-state index contributed by atoms with van der Waals surface area (Å²) in [7, 11) is 0. The van der Waals surface area contributed by atoms with Crippen molar-refractivity contribution in [1.29, 1.82) is 0 Å². The number of hydrogen-bond donors (Lipinski definition) is 1. The van der Waals surface area contributed by atoms with Crippen molar-refractivity contribution in [2.45, 2.75) is 59.2 Å². The van der Waals surface area contributed by atoms with Crippen molar-refractivity contribution in [2.24, 2.45) is 5.92 Å². The molecule has 1 N–H and O–H groups in total. The summed E-state index contributed by atoms with van der Waals surface area (Å²) in [5.41, 5.74) is 1.04. The van der Waals surface area contributed by atoms with E-state index in [1.54, 1.807) is 0 Å². The van der Waals surface area contributed by atoms with Gasteiger partial charge in [-0.2, -0.15) is 0 Å². The van der Waals surface area contributed by atoms with E-state index in [-0.39, 0.29) is 0 Å². The highest BCUT2D eigenvalue weighted by atomic mass is 15.4. The maximum atomic E-state index is 4.23. The third-order valence-electron chi connectivity index (χ3n) is 3.60. The lowest BCUT2D eigenvalue weighted by atomic mass is 10.2. The Morgan fingerprint density at radius 3 is 2.90 bits per heavy atom. The van der Waals surface area contributed by atoms with Crippen LogP contribution in [0.15, 0.2) is 6.20 Å². The largest absolute Gasteiger partial charge is 0.311 e. The zero-order chi connectivity index (χ0) is 14.4. The van der Waals surface area contributed by atoms with Gasteiger partial charge in [0.1, 0.15) is 0 Å². The maximum absolute atomic E-state index is 4.23. The minimum absolute atomic E-state index is 0.736. The van der Waals surface area contributed by atoms with Crippen molar-refractivity contribution in [3.05, 3.63) is 11.9 Å². The summed E-state index contributed by atoms with van der Waals surface area (Å²) in [6.07, 6.45) is 5.97. The standard InChI is InChI=1S/C15H29N5/c1-4-7-16-10-14-12-20(18-17-14)9-8-19(11-13(2)3)15-5-6-15/h12-13,15-16H,4-11H2,1-3H3. The number of nitrogens with one attached hydrogen (secondary N) is 1. The molecule has 1 aliphatic rings. The van der Waals surface area contributed by atoms with Crippen LogP contribution in [-0.4, -0.2) is 45.6 Å². The second-order valence-corrected chi connectivity index (χ2v) is 6.27. The molecular weight excluding hydrogens is 250 g/mol. The van der Waals surface area contributed by atoms with E-state index in [9.17, 15) is 0 Å². The summed E-state index contributed by atoms with van der Waals surface area (Å²) in [6.45, 7) is 11.9. The molecule has 0 spiro atoms. The molecule has 1 aliphatic carbocycles. The van der Waals surface area contributed by atoms with E-state index in [0.29, 0.717) is 0 Å². The van der Waals surface area contributed by atoms with E-state index in [0.717, 1.165) is 50.3 Å². The fraction of sp³-hybridized carbons (Fsp3) is 0.867. The molecule has 20 heavy (non-hydrogen) atoms. The molecule has 1 aromatic heterocycles. The van der Waals surface area contributed by atoms with Gasteiger partial charge in [-0.1, -0.05) is 26.0 Å². The van der Waals surface area contributed by atoms with Crippen LogP contribution in [-0.2, 0) is 13.1 Å². The van der Waals surface area contributed by atoms with Crippen LogP contribution < -0.4 is 5.32 Å². The minimum atomic E-state index is 0.736. The van der Waals surface area contributed by atoms with Crippen LogP contribution in [0.2, 0.25) is 0 Å². The molecule has 1 aromatic rings. The molecule has 0 aliphatic heterocycles. The quantitative estimate of drug-likeness (QED) is 0.665. The topological polar surface area (TPSA) is 46.0 Å². The molecular formula is C15H29N5. The predicted molar refractivity (Wildman–Crippen MR) is 81.5 cm³/mol. The van der Waals surface area contributed by atoms with Crippen molar-refractivity contribution in [1.82, 2.24) is 25.2 Å². The fourth-order valence-corrected chi connectivity index (χ4v) is 2.48. The van der Waals surface area contributed by atoms with E-state index in [2.05, 4.69) is 47.5 Å². The van der Waals surface area contributed by atoms with Crippen LogP contribution in [0.4, 0.5) is 0 Å². The maximum Gasteiger partial charge on any atom is 0.0964 e. The van der Waals surface area contributed by atoms with Gasteiger partial charge in [-0.15, -0.1) is 5.10 Å². The van der Waals surface area contributed by atoms with E-state index in [1.807, 2.05) is 4.68 Å². The van der Waals surface area contributed by atoms with Crippen molar-refractivity contribution in [3.63, 3.8) is 0 Å². The normalized spacial score (nSPS) is 15.4. The van der Waals surface area contributed by atoms with Crippen molar-refractivity contribution < 1.29 is 0 Å². The molecule has 0 aromatic carbocycles. The van der Waals surface area contributed by atoms with Gasteiger partial charge in [0.05, 0.1) is 12.2 Å². The molecule has 1 saturated carbocycles. The Kier molecular flexibility index (Phi) is 5.98. The SMILES string of the molecule is CCCNCc1cn(CCN(CC(C)C)C2CC2)nn1. The highest BCUT2D eigenvalue weighted by Gasteiger charge is 2.28. The highest BCUT2D eigenvalue weighted by molar-refractivity contribution is 4.92. The van der Waals surface area contributed by atoms with Gasteiger partial charge in [0, 0.05) is 31.9 Å². The first kappa shape index (κ1) is 15.4. The minimum Gasteiger partial charge on any atom is -0.311 e. The Balaban J connectivity index is 1.74. The van der Waals surface area contributed by atoms with Crippen molar-refractivity contribution >= 4 is 0 Å². The molecule has 0 amide bonds. The Labute approximate surface area is 122 Å². The molecule has 0 bridgehead atoms. The highest BCUT2D eigenvalue weighted by Crippen LogP contribution is 2.27. The van der Waals surface area contributed by atoms with E-state index >= 15 is 0 Å². The molecule has 0 atom stereocenters. The number of hydrogen-bond acceptors (Lipinski definition) is 4. The molecule has 5 nitrogen and oxygen atoms in total. The fourth-order valence-electron chi connectivity index (χ4n) is 2.48. The lowest BCUT2D eigenvalue weighted by molar-refractivity contribution is 0.222. The van der Waals surface area contributed by atoms with Gasteiger partial charge >= 0.3 is 0 Å². The molecule has 0 radical (unpaired) electrons. The second-order valence-electron chi connectivity index (χ2n) is 6.27. The predicted octanol–water partition coefficient (Wildman–Crippen LogP) is 1.90. The summed E-state index contributed by atoms with van der Waals surface area (Å²) in [4.78, 5) is 2.61. The number of nitrogens with zero attached hydrogens (tertiary/aromatic N) is 4. The molecule has 1 fully saturated rings. The van der Waals surface area contributed by atoms with Gasteiger partial charge in [0.2, 0.25) is 0 Å². The van der Waals surface area contributed by atoms with Gasteiger partial charge < -0.3 is 5.32 Å². The first-order valence-electron chi connectivity index (χ1n) is 8.02. The monoisotopic (exact) mass is 279 g/mol. The summed E-state index contributed by atoms with van der Waals surface area (Å²) in [5.74, 6) is 0.736. The Morgan fingerprint density at radius 2 is 2.25 bits per heavy atom. The molecule has 5 heteroatoms. The Hall–Kier alpha value is -0.940. The number of rotatable bonds is 10. The van der Waals surface area contributed by atoms with Crippen LogP contribution in [0, 0.1) is 5.92 Å². The Morgan fingerprint density at radius 1 is 1.45 bits per heavy atom. The van der Waals surface area contributed by atoms with Crippen LogP contribution in [0.3, 0.4) is 0 Å². The zero-order valence-electron chi connectivity index (χ0n) is 13.2. The first-order chi connectivity index (χ1) is 9.69. The summed E-state index contributed by atoms with van der Waals surface area (Å²) in [5, 5.41) is 11.8. The molecule has 0 unspecified atom stereocenters. The van der Waals surface area contributed by atoms with Crippen LogP contribution in [0.5, 0.6) is 0 Å². The smallest absolute Gasteiger partial charge is 0.0964 e. The Bertz CT molecular complexity index is 383. The van der Waals surface area contributed by atoms with E-state index in [1.165, 1.54) is 19.4 Å². The lowest BCUT2D eigenvalue weighted by Crippen LogP contribution is -2.33. The van der Waals surface area contributed by atoms with Crippen LogP contribution in [0.25, 0.3) is 0 Å². The van der Waals surface area contributed by atoms with Crippen LogP contribution in [0.1, 0.15) is 45.7 Å². The zero-order valence-corrected chi connectivity index (χ0v) is 13.2. The molecule has 114 valence electrons. The van der Waals surface area contributed by atoms with Gasteiger partial charge in [-0.05, 0) is 31.7 Å². The molecule has 1 heterocycles. The average molecular weight is 279 g/mol. The van der Waals surface area contributed by atoms with E-state index < -0.39 is 0 Å². The average Bonchev–Trinajstić information content (AvgIpc) is 3.15. The van der Waals surface area contributed by atoms with Gasteiger partial charge in [-0.3, -0.25) is 9.58 Å². The summed E-state index contributed by atoms with van der Waals surface area (Å²) in [6, 6.07) is 0.826. The lowest BCUT2D eigenvalue weighted by Gasteiger charge is -2.23. The third kappa shape index (κ3) is 5.21. The summed E-state index contributed by atoms with van der Waals surface area (Å²) < 4.78 is 1.98. The summed E-state index contributed by atoms with van der Waals surface area (Å²) >= 11 is 0. The van der Waals surface area contributed by atoms with E-state index in [4.69, 9.17) is 0 Å². The van der Waals surface area contributed by atoms with Crippen molar-refractivity contribution in [2.75, 3.05) is 19.6 Å². The number of aromatic nitrogens is 3. The first-order valence-corrected chi connectivity index (χ1v) is 8.02. The third-order valence-corrected chi connectivity index (χ3v) is 3.60. The second kappa shape index (κ2) is 7.74. The molecule has 2 rings (SSSR count). The van der Waals surface area contributed by atoms with Gasteiger partial charge in [-0.25, -0.2) is 0 Å². The van der Waals surface area contributed by atoms with Gasteiger partial charge in [0.15, 0.2) is 0 Å².